The maximum absolute atomic E-state index is 12.4. The lowest BCUT2D eigenvalue weighted by Crippen LogP contribution is -2.48. The van der Waals surface area contributed by atoms with Crippen molar-refractivity contribution in [2.24, 2.45) is 0 Å². The summed E-state index contributed by atoms with van der Waals surface area (Å²) in [5, 5.41) is 13.4. The molecule has 0 aromatic heterocycles. The minimum Gasteiger partial charge on any atom is -0.387 e. The number of hydrogen-bond donors (Lipinski definition) is 2. The van der Waals surface area contributed by atoms with Crippen LogP contribution in [0.3, 0.4) is 0 Å². The standard InChI is InChI=1S/C19H30N2O3/c1-4-21(13-18(22)16-9-7-14(2)8-10-16)15(3)19(23)20-12-17-6-5-11-24-17/h7-10,15,17-18,22H,4-6,11-13H2,1-3H3,(H,20,23). The molecule has 0 radical (unpaired) electrons. The molecule has 1 saturated heterocycles. The van der Waals surface area contributed by atoms with Gasteiger partial charge < -0.3 is 15.2 Å². The van der Waals surface area contributed by atoms with E-state index in [2.05, 4.69) is 5.32 Å². The molecule has 1 aliphatic rings. The average molecular weight is 334 g/mol. The Kier molecular flexibility index (Phi) is 7.21. The Bertz CT molecular complexity index is 512. The normalized spacial score (nSPS) is 20.1. The summed E-state index contributed by atoms with van der Waals surface area (Å²) in [6.45, 7) is 8.42. The Hall–Kier alpha value is -1.43. The molecule has 1 aromatic carbocycles. The monoisotopic (exact) mass is 334 g/mol. The molecule has 1 fully saturated rings. The van der Waals surface area contributed by atoms with Gasteiger partial charge >= 0.3 is 0 Å². The van der Waals surface area contributed by atoms with Gasteiger partial charge in [0.05, 0.1) is 18.2 Å². The summed E-state index contributed by atoms with van der Waals surface area (Å²) in [4.78, 5) is 14.4. The third-order valence-corrected chi connectivity index (χ3v) is 4.73. The minimum absolute atomic E-state index is 0.0107. The van der Waals surface area contributed by atoms with Crippen LogP contribution in [0.25, 0.3) is 0 Å². The van der Waals surface area contributed by atoms with Gasteiger partial charge in [0.2, 0.25) is 5.91 Å². The van der Waals surface area contributed by atoms with Gasteiger partial charge in [0.15, 0.2) is 0 Å². The number of ether oxygens (including phenoxy) is 1. The number of carbonyl (C=O) groups is 1. The lowest BCUT2D eigenvalue weighted by molar-refractivity contribution is -0.126. The molecule has 1 heterocycles. The van der Waals surface area contributed by atoms with Gasteiger partial charge in [0.1, 0.15) is 0 Å². The molecule has 5 nitrogen and oxygen atoms in total. The van der Waals surface area contributed by atoms with Crippen molar-refractivity contribution in [2.75, 3.05) is 26.2 Å². The van der Waals surface area contributed by atoms with Crippen LogP contribution in [0.4, 0.5) is 0 Å². The fraction of sp³-hybridized carbons (Fsp3) is 0.632. The molecular weight excluding hydrogens is 304 g/mol. The number of amides is 1. The second-order valence-electron chi connectivity index (χ2n) is 6.57. The minimum atomic E-state index is -0.598. The average Bonchev–Trinajstić information content (AvgIpc) is 3.10. The van der Waals surface area contributed by atoms with Crippen molar-refractivity contribution < 1.29 is 14.6 Å². The number of rotatable bonds is 8. The molecule has 24 heavy (non-hydrogen) atoms. The predicted octanol–water partition coefficient (Wildman–Crippen LogP) is 2.03. The van der Waals surface area contributed by atoms with Crippen molar-refractivity contribution in [1.29, 1.82) is 0 Å². The number of aliphatic hydroxyl groups excluding tert-OH is 1. The van der Waals surface area contributed by atoms with E-state index >= 15 is 0 Å². The summed E-state index contributed by atoms with van der Waals surface area (Å²) in [5.74, 6) is -0.0107. The summed E-state index contributed by atoms with van der Waals surface area (Å²) >= 11 is 0. The molecule has 0 spiro atoms. The van der Waals surface area contributed by atoms with Crippen LogP contribution in [0, 0.1) is 6.92 Å². The first-order chi connectivity index (χ1) is 11.5. The highest BCUT2D eigenvalue weighted by atomic mass is 16.5. The van der Waals surface area contributed by atoms with Crippen LogP contribution in [0.15, 0.2) is 24.3 Å². The molecule has 3 unspecified atom stereocenters. The molecule has 0 bridgehead atoms. The molecule has 1 aromatic rings. The first-order valence-electron chi connectivity index (χ1n) is 8.89. The predicted molar refractivity (Wildman–Crippen MR) is 94.8 cm³/mol. The van der Waals surface area contributed by atoms with Crippen molar-refractivity contribution >= 4 is 5.91 Å². The molecule has 3 atom stereocenters. The van der Waals surface area contributed by atoms with E-state index in [4.69, 9.17) is 4.74 Å². The van der Waals surface area contributed by atoms with Gasteiger partial charge in [-0.25, -0.2) is 0 Å². The van der Waals surface area contributed by atoms with Gasteiger partial charge in [-0.3, -0.25) is 9.69 Å². The van der Waals surface area contributed by atoms with Gasteiger partial charge in [0, 0.05) is 19.7 Å². The van der Waals surface area contributed by atoms with E-state index in [9.17, 15) is 9.90 Å². The first kappa shape index (κ1) is 18.9. The second-order valence-corrected chi connectivity index (χ2v) is 6.57. The van der Waals surface area contributed by atoms with Crippen LogP contribution in [-0.4, -0.2) is 54.3 Å². The fourth-order valence-electron chi connectivity index (χ4n) is 3.01. The number of hydrogen-bond acceptors (Lipinski definition) is 4. The number of carbonyl (C=O) groups excluding carboxylic acids is 1. The van der Waals surface area contributed by atoms with E-state index < -0.39 is 6.10 Å². The molecule has 0 saturated carbocycles. The van der Waals surface area contributed by atoms with Crippen LogP contribution in [0.5, 0.6) is 0 Å². The Morgan fingerprint density at radius 1 is 1.42 bits per heavy atom. The van der Waals surface area contributed by atoms with E-state index in [1.54, 1.807) is 0 Å². The molecule has 1 amide bonds. The topological polar surface area (TPSA) is 61.8 Å². The van der Waals surface area contributed by atoms with E-state index in [0.717, 1.165) is 25.0 Å². The highest BCUT2D eigenvalue weighted by Gasteiger charge is 2.24. The molecule has 134 valence electrons. The number of aryl methyl sites for hydroxylation is 1. The van der Waals surface area contributed by atoms with E-state index in [1.807, 2.05) is 49.9 Å². The third-order valence-electron chi connectivity index (χ3n) is 4.73. The SMILES string of the molecule is CCN(CC(O)c1ccc(C)cc1)C(C)C(=O)NCC1CCCO1. The number of likely N-dealkylation sites (N-methyl/N-ethyl adjacent to an activating group) is 1. The first-order valence-corrected chi connectivity index (χ1v) is 8.89. The molecule has 2 N–H and O–H groups in total. The zero-order valence-electron chi connectivity index (χ0n) is 15.0. The zero-order valence-corrected chi connectivity index (χ0v) is 15.0. The highest BCUT2D eigenvalue weighted by Crippen LogP contribution is 2.16. The largest absolute Gasteiger partial charge is 0.387 e. The molecule has 5 heteroatoms. The van der Waals surface area contributed by atoms with Crippen LogP contribution >= 0.6 is 0 Å². The lowest BCUT2D eigenvalue weighted by atomic mass is 10.1. The maximum Gasteiger partial charge on any atom is 0.237 e. The Morgan fingerprint density at radius 2 is 2.12 bits per heavy atom. The number of aliphatic hydroxyl groups is 1. The van der Waals surface area contributed by atoms with Gasteiger partial charge in [-0.1, -0.05) is 36.8 Å². The van der Waals surface area contributed by atoms with Gasteiger partial charge in [-0.2, -0.15) is 0 Å². The van der Waals surface area contributed by atoms with Gasteiger partial charge in [-0.05, 0) is 38.8 Å². The number of nitrogens with zero attached hydrogens (tertiary/aromatic N) is 1. The van der Waals surface area contributed by atoms with E-state index in [-0.39, 0.29) is 18.1 Å². The van der Waals surface area contributed by atoms with Gasteiger partial charge in [0.25, 0.3) is 0 Å². The summed E-state index contributed by atoms with van der Waals surface area (Å²) in [6.07, 6.45) is 1.63. The summed E-state index contributed by atoms with van der Waals surface area (Å²) in [7, 11) is 0. The molecule has 1 aliphatic heterocycles. The Balaban J connectivity index is 1.86. The quantitative estimate of drug-likeness (QED) is 0.764. The Labute approximate surface area is 145 Å². The molecular formula is C19H30N2O3. The van der Waals surface area contributed by atoms with Crippen molar-refractivity contribution in [2.45, 2.75) is 51.9 Å². The third kappa shape index (κ3) is 5.30. The molecule has 0 aliphatic carbocycles. The van der Waals surface area contributed by atoms with Crippen molar-refractivity contribution in [1.82, 2.24) is 10.2 Å². The van der Waals surface area contributed by atoms with Crippen LogP contribution < -0.4 is 5.32 Å². The maximum atomic E-state index is 12.4. The van der Waals surface area contributed by atoms with Crippen molar-refractivity contribution in [3.8, 4) is 0 Å². The zero-order chi connectivity index (χ0) is 17.5. The second kappa shape index (κ2) is 9.16. The summed E-state index contributed by atoms with van der Waals surface area (Å²) in [6, 6.07) is 7.59. The van der Waals surface area contributed by atoms with Crippen molar-refractivity contribution in [3.63, 3.8) is 0 Å². The fourth-order valence-corrected chi connectivity index (χ4v) is 3.01. The van der Waals surface area contributed by atoms with Crippen LogP contribution in [-0.2, 0) is 9.53 Å². The smallest absolute Gasteiger partial charge is 0.237 e. The van der Waals surface area contributed by atoms with E-state index in [0.29, 0.717) is 19.6 Å². The van der Waals surface area contributed by atoms with Crippen LogP contribution in [0.1, 0.15) is 43.9 Å². The number of nitrogens with one attached hydrogen (secondary N) is 1. The lowest BCUT2D eigenvalue weighted by Gasteiger charge is -2.29. The summed E-state index contributed by atoms with van der Waals surface area (Å²) < 4.78 is 5.53. The van der Waals surface area contributed by atoms with E-state index in [1.165, 1.54) is 5.56 Å². The van der Waals surface area contributed by atoms with Crippen LogP contribution in [0.2, 0.25) is 0 Å². The highest BCUT2D eigenvalue weighted by molar-refractivity contribution is 5.81. The molecule has 2 rings (SSSR count). The van der Waals surface area contributed by atoms with Gasteiger partial charge in [-0.15, -0.1) is 0 Å². The summed E-state index contributed by atoms with van der Waals surface area (Å²) in [5.41, 5.74) is 2.05. The number of benzene rings is 1. The Morgan fingerprint density at radius 3 is 2.71 bits per heavy atom. The van der Waals surface area contributed by atoms with Crippen molar-refractivity contribution in [3.05, 3.63) is 35.4 Å².